The van der Waals surface area contributed by atoms with Gasteiger partial charge in [-0.1, -0.05) is 18.2 Å². The molecule has 0 saturated carbocycles. The predicted molar refractivity (Wildman–Crippen MR) is 54.0 cm³/mol. The van der Waals surface area contributed by atoms with E-state index in [0.29, 0.717) is 6.42 Å². The van der Waals surface area contributed by atoms with Crippen molar-refractivity contribution in [2.75, 3.05) is 0 Å². The number of rotatable bonds is 0. The average molecular weight is 184 g/mol. The normalized spacial score (nSPS) is 14.7. The van der Waals surface area contributed by atoms with Gasteiger partial charge in [0.2, 0.25) is 0 Å². The van der Waals surface area contributed by atoms with E-state index in [2.05, 4.69) is 0 Å². The number of hydrogen-bond acceptors (Lipinski definition) is 2. The van der Waals surface area contributed by atoms with Crippen molar-refractivity contribution in [2.45, 2.75) is 6.42 Å². The van der Waals surface area contributed by atoms with Crippen molar-refractivity contribution in [3.05, 3.63) is 41.7 Å². The van der Waals surface area contributed by atoms with E-state index in [4.69, 9.17) is 4.42 Å². The molecule has 2 aromatic rings. The number of benzene rings is 1. The molecule has 1 heterocycles. The van der Waals surface area contributed by atoms with Crippen LogP contribution in [0.4, 0.5) is 0 Å². The van der Waals surface area contributed by atoms with Crippen molar-refractivity contribution in [1.82, 2.24) is 0 Å². The van der Waals surface area contributed by atoms with Crippen molar-refractivity contribution in [2.24, 2.45) is 0 Å². The van der Waals surface area contributed by atoms with E-state index >= 15 is 0 Å². The van der Waals surface area contributed by atoms with E-state index in [1.165, 1.54) is 0 Å². The molecule has 2 nitrogen and oxygen atoms in total. The molecule has 14 heavy (non-hydrogen) atoms. The number of para-hydroxylation sites is 1. The molecule has 1 aromatic carbocycles. The van der Waals surface area contributed by atoms with E-state index < -0.39 is 0 Å². The summed E-state index contributed by atoms with van der Waals surface area (Å²) in [5.74, 6) is 0.967. The van der Waals surface area contributed by atoms with E-state index in [0.717, 1.165) is 22.3 Å². The number of carbonyl (C=O) groups is 1. The third kappa shape index (κ3) is 0.940. The van der Waals surface area contributed by atoms with Gasteiger partial charge in [-0.3, -0.25) is 4.79 Å². The fourth-order valence-corrected chi connectivity index (χ4v) is 1.84. The van der Waals surface area contributed by atoms with Gasteiger partial charge in [0.15, 0.2) is 5.78 Å². The van der Waals surface area contributed by atoms with Crippen LogP contribution in [-0.4, -0.2) is 5.78 Å². The summed E-state index contributed by atoms with van der Waals surface area (Å²) in [6.07, 6.45) is 3.79. The van der Waals surface area contributed by atoms with Gasteiger partial charge >= 0.3 is 0 Å². The first-order valence-corrected chi connectivity index (χ1v) is 4.56. The van der Waals surface area contributed by atoms with Crippen LogP contribution in [0.3, 0.4) is 0 Å². The second kappa shape index (κ2) is 2.58. The summed E-state index contributed by atoms with van der Waals surface area (Å²) in [5, 5.41) is 1.06. The van der Waals surface area contributed by atoms with E-state index in [1.54, 1.807) is 12.2 Å². The van der Waals surface area contributed by atoms with Crippen LogP contribution in [0, 0.1) is 0 Å². The van der Waals surface area contributed by atoms with Crippen molar-refractivity contribution in [1.29, 1.82) is 0 Å². The third-order valence-corrected chi connectivity index (χ3v) is 2.50. The van der Waals surface area contributed by atoms with Crippen LogP contribution < -0.4 is 0 Å². The lowest BCUT2D eigenvalue weighted by molar-refractivity contribution is -0.114. The Kier molecular flexibility index (Phi) is 1.39. The predicted octanol–water partition coefficient (Wildman–Crippen LogP) is 2.57. The highest BCUT2D eigenvalue weighted by atomic mass is 16.3. The third-order valence-electron chi connectivity index (χ3n) is 2.50. The van der Waals surface area contributed by atoms with Gasteiger partial charge < -0.3 is 4.42 Å². The topological polar surface area (TPSA) is 30.2 Å². The summed E-state index contributed by atoms with van der Waals surface area (Å²) in [5.41, 5.74) is 1.88. The lowest BCUT2D eigenvalue weighted by Crippen LogP contribution is -2.02. The summed E-state index contributed by atoms with van der Waals surface area (Å²) in [6, 6.07) is 7.81. The van der Waals surface area contributed by atoms with Gasteiger partial charge in [-0.25, -0.2) is 0 Å². The van der Waals surface area contributed by atoms with Crippen molar-refractivity contribution >= 4 is 22.8 Å². The summed E-state index contributed by atoms with van der Waals surface area (Å²) >= 11 is 0. The molecule has 0 N–H and O–H groups in total. The van der Waals surface area contributed by atoms with Gasteiger partial charge in [-0.15, -0.1) is 0 Å². The Hall–Kier alpha value is -1.83. The Balaban J connectivity index is 2.37. The highest BCUT2D eigenvalue weighted by Gasteiger charge is 2.17. The highest BCUT2D eigenvalue weighted by Crippen LogP contribution is 2.29. The molecule has 3 rings (SSSR count). The van der Waals surface area contributed by atoms with Gasteiger partial charge in [-0.05, 0) is 18.2 Å². The second-order valence-electron chi connectivity index (χ2n) is 3.42. The molecule has 0 saturated heterocycles. The number of hydrogen-bond donors (Lipinski definition) is 0. The maximum absolute atomic E-state index is 11.2. The SMILES string of the molecule is O=C1C=Cc2oc3ccccc3c2C1. The van der Waals surface area contributed by atoms with Crippen LogP contribution in [0.2, 0.25) is 0 Å². The van der Waals surface area contributed by atoms with Crippen molar-refractivity contribution in [3.8, 4) is 0 Å². The monoisotopic (exact) mass is 184 g/mol. The summed E-state index contributed by atoms with van der Waals surface area (Å²) in [7, 11) is 0. The summed E-state index contributed by atoms with van der Waals surface area (Å²) in [6.45, 7) is 0. The minimum absolute atomic E-state index is 0.143. The molecule has 0 atom stereocenters. The molecule has 1 aliphatic rings. The maximum atomic E-state index is 11.2. The summed E-state index contributed by atoms with van der Waals surface area (Å²) < 4.78 is 5.60. The first-order chi connectivity index (χ1) is 6.84. The Bertz CT molecular complexity index is 546. The van der Waals surface area contributed by atoms with Gasteiger partial charge in [-0.2, -0.15) is 0 Å². The number of ketones is 1. The molecule has 0 aliphatic heterocycles. The molecule has 0 spiro atoms. The molecule has 0 unspecified atom stereocenters. The molecule has 1 aromatic heterocycles. The molecule has 0 bridgehead atoms. The minimum Gasteiger partial charge on any atom is -0.456 e. The van der Waals surface area contributed by atoms with Gasteiger partial charge in [0.25, 0.3) is 0 Å². The Morgan fingerprint density at radius 3 is 2.93 bits per heavy atom. The lowest BCUT2D eigenvalue weighted by atomic mass is 10.0. The molecule has 0 radical (unpaired) electrons. The van der Waals surface area contributed by atoms with Crippen LogP contribution in [-0.2, 0) is 11.2 Å². The Morgan fingerprint density at radius 2 is 2.00 bits per heavy atom. The number of allylic oxidation sites excluding steroid dienone is 1. The zero-order valence-electron chi connectivity index (χ0n) is 7.49. The van der Waals surface area contributed by atoms with Crippen LogP contribution in [0.15, 0.2) is 34.8 Å². The zero-order chi connectivity index (χ0) is 9.54. The van der Waals surface area contributed by atoms with E-state index in [1.807, 2.05) is 24.3 Å². The molecule has 0 amide bonds. The van der Waals surface area contributed by atoms with Crippen LogP contribution in [0.25, 0.3) is 17.0 Å². The largest absolute Gasteiger partial charge is 0.456 e. The molecule has 68 valence electrons. The van der Waals surface area contributed by atoms with Gasteiger partial charge in [0, 0.05) is 17.4 Å². The van der Waals surface area contributed by atoms with Crippen molar-refractivity contribution < 1.29 is 9.21 Å². The quantitative estimate of drug-likeness (QED) is 0.629. The Morgan fingerprint density at radius 1 is 1.14 bits per heavy atom. The van der Waals surface area contributed by atoms with E-state index in [-0.39, 0.29) is 5.78 Å². The first kappa shape index (κ1) is 7.56. The highest BCUT2D eigenvalue weighted by molar-refractivity contribution is 6.02. The summed E-state index contributed by atoms with van der Waals surface area (Å²) in [4.78, 5) is 11.2. The molecular weight excluding hydrogens is 176 g/mol. The maximum Gasteiger partial charge on any atom is 0.160 e. The fraction of sp³-hybridized carbons (Fsp3) is 0.0833. The fourth-order valence-electron chi connectivity index (χ4n) is 1.84. The Labute approximate surface area is 80.8 Å². The zero-order valence-corrected chi connectivity index (χ0v) is 7.49. The van der Waals surface area contributed by atoms with Crippen molar-refractivity contribution in [3.63, 3.8) is 0 Å². The average Bonchev–Trinajstić information content (AvgIpc) is 2.56. The minimum atomic E-state index is 0.143. The van der Waals surface area contributed by atoms with Crippen LogP contribution >= 0.6 is 0 Å². The molecular formula is C12H8O2. The van der Waals surface area contributed by atoms with E-state index in [9.17, 15) is 4.79 Å². The molecule has 1 aliphatic carbocycles. The number of fused-ring (bicyclic) bond motifs is 3. The molecule has 2 heteroatoms. The first-order valence-electron chi connectivity index (χ1n) is 4.56. The van der Waals surface area contributed by atoms with Gasteiger partial charge in [0.1, 0.15) is 11.3 Å². The molecule has 0 fully saturated rings. The standard InChI is InChI=1S/C12H8O2/c13-8-5-6-12-10(7-8)9-3-1-2-4-11(9)14-12/h1-6H,7H2. The lowest BCUT2D eigenvalue weighted by Gasteiger charge is -2.01. The van der Waals surface area contributed by atoms with Gasteiger partial charge in [0.05, 0.1) is 0 Å². The van der Waals surface area contributed by atoms with Crippen LogP contribution in [0.5, 0.6) is 0 Å². The second-order valence-corrected chi connectivity index (χ2v) is 3.42. The number of carbonyl (C=O) groups excluding carboxylic acids is 1. The number of furan rings is 1. The van der Waals surface area contributed by atoms with Crippen LogP contribution in [0.1, 0.15) is 11.3 Å². The smallest absolute Gasteiger partial charge is 0.160 e.